The highest BCUT2D eigenvalue weighted by Crippen LogP contribution is 2.37. The highest BCUT2D eigenvalue weighted by Gasteiger charge is 2.34. The molecule has 0 spiro atoms. The summed E-state index contributed by atoms with van der Waals surface area (Å²) in [5, 5.41) is 8.82. The van der Waals surface area contributed by atoms with Crippen molar-refractivity contribution >= 4 is 12.3 Å². The van der Waals surface area contributed by atoms with Gasteiger partial charge in [-0.3, -0.25) is 14.5 Å². The van der Waals surface area contributed by atoms with Crippen molar-refractivity contribution in [2.45, 2.75) is 51.7 Å². The first-order valence-electron chi connectivity index (χ1n) is 9.25. The molecule has 0 radical (unpaired) electrons. The monoisotopic (exact) mass is 385 g/mol. The minimum absolute atomic E-state index is 0.0801. The number of aliphatic carboxylic acids is 1. The zero-order valence-corrected chi connectivity index (χ0v) is 15.6. The highest BCUT2D eigenvalue weighted by atomic mass is 19.4. The summed E-state index contributed by atoms with van der Waals surface area (Å²) in [4.78, 5) is 24.4. The topological polar surface area (TPSA) is 57.6 Å². The molecule has 0 bridgehead atoms. The molecule has 1 aliphatic heterocycles. The Morgan fingerprint density at radius 1 is 1.30 bits per heavy atom. The number of likely N-dealkylation sites (tertiary alicyclic amines) is 1. The average Bonchev–Trinajstić information content (AvgIpc) is 2.60. The number of rotatable bonds is 7. The number of carboxylic acid groups (broad SMARTS) is 1. The molecule has 27 heavy (non-hydrogen) atoms. The van der Waals surface area contributed by atoms with E-state index >= 15 is 0 Å². The Morgan fingerprint density at radius 2 is 1.93 bits per heavy atom. The highest BCUT2D eigenvalue weighted by molar-refractivity contribution is 5.78. The minimum Gasteiger partial charge on any atom is -0.481 e. The van der Waals surface area contributed by atoms with Crippen LogP contribution in [-0.2, 0) is 11.0 Å². The predicted molar refractivity (Wildman–Crippen MR) is 95.6 cm³/mol. The molecule has 1 aromatic rings. The van der Waals surface area contributed by atoms with E-state index in [-0.39, 0.29) is 23.9 Å². The zero-order valence-electron chi connectivity index (χ0n) is 15.6. The Hall–Kier alpha value is -1.89. The molecule has 7 heteroatoms. The molecule has 0 aliphatic carbocycles. The van der Waals surface area contributed by atoms with Gasteiger partial charge in [0.05, 0.1) is 5.56 Å². The fourth-order valence-electron chi connectivity index (χ4n) is 3.95. The molecule has 1 unspecified atom stereocenters. The molecule has 1 heterocycles. The second-order valence-corrected chi connectivity index (χ2v) is 7.56. The van der Waals surface area contributed by atoms with E-state index in [4.69, 9.17) is 5.11 Å². The standard InChI is InChI=1S/C20H26F3NO3/c1-13(2)19(24-9-7-14(8-10-24)3-6-18(26)27)17-5-4-16(20(21,22)23)11-15(17)12-25/h4-5,11-14,19H,3,6-10H2,1-2H3,(H,26,27). The molecule has 1 aromatic carbocycles. The van der Waals surface area contributed by atoms with Crippen LogP contribution in [0.2, 0.25) is 0 Å². The minimum atomic E-state index is -4.48. The summed E-state index contributed by atoms with van der Waals surface area (Å²) in [6.07, 6.45) is -1.46. The van der Waals surface area contributed by atoms with Gasteiger partial charge in [-0.2, -0.15) is 13.2 Å². The number of piperidine rings is 1. The second kappa shape index (κ2) is 8.87. The van der Waals surface area contributed by atoms with Crippen LogP contribution in [0.3, 0.4) is 0 Å². The van der Waals surface area contributed by atoms with Gasteiger partial charge in [0.15, 0.2) is 0 Å². The molecule has 2 rings (SSSR count). The molecule has 1 fully saturated rings. The number of alkyl halides is 3. The maximum atomic E-state index is 13.0. The molecule has 1 aliphatic rings. The second-order valence-electron chi connectivity index (χ2n) is 7.56. The maximum absolute atomic E-state index is 13.0. The summed E-state index contributed by atoms with van der Waals surface area (Å²) in [5.74, 6) is -0.322. The Labute approximate surface area is 157 Å². The molecule has 1 atom stereocenters. The van der Waals surface area contributed by atoms with Gasteiger partial charge in [0.2, 0.25) is 0 Å². The van der Waals surface area contributed by atoms with Crippen LogP contribution in [0.25, 0.3) is 0 Å². The molecule has 150 valence electrons. The first-order valence-corrected chi connectivity index (χ1v) is 9.25. The lowest BCUT2D eigenvalue weighted by Crippen LogP contribution is -2.39. The van der Waals surface area contributed by atoms with Crippen LogP contribution in [0.15, 0.2) is 18.2 Å². The number of carbonyl (C=O) groups excluding carboxylic acids is 1. The molecular weight excluding hydrogens is 359 g/mol. The lowest BCUT2D eigenvalue weighted by Gasteiger charge is -2.40. The fraction of sp³-hybridized carbons (Fsp3) is 0.600. The summed E-state index contributed by atoms with van der Waals surface area (Å²) in [6.45, 7) is 5.47. The summed E-state index contributed by atoms with van der Waals surface area (Å²) >= 11 is 0. The quantitative estimate of drug-likeness (QED) is 0.686. The number of hydrogen-bond donors (Lipinski definition) is 1. The van der Waals surface area contributed by atoms with Crippen molar-refractivity contribution < 1.29 is 27.9 Å². The van der Waals surface area contributed by atoms with E-state index in [1.807, 2.05) is 13.8 Å². The summed E-state index contributed by atoms with van der Waals surface area (Å²) in [5.41, 5.74) is -0.114. The van der Waals surface area contributed by atoms with Gasteiger partial charge in [-0.1, -0.05) is 19.9 Å². The molecule has 0 saturated carbocycles. The molecule has 0 aromatic heterocycles. The third kappa shape index (κ3) is 5.54. The van der Waals surface area contributed by atoms with Crippen molar-refractivity contribution in [3.8, 4) is 0 Å². The number of carboxylic acids is 1. The molecule has 1 saturated heterocycles. The first-order chi connectivity index (χ1) is 12.6. The SMILES string of the molecule is CC(C)C(c1ccc(C(F)(F)F)cc1C=O)N1CCC(CCC(=O)O)CC1. The zero-order chi connectivity index (χ0) is 20.2. The van der Waals surface area contributed by atoms with Gasteiger partial charge < -0.3 is 5.11 Å². The van der Waals surface area contributed by atoms with Gasteiger partial charge in [0, 0.05) is 18.0 Å². The first kappa shape index (κ1) is 21.4. The van der Waals surface area contributed by atoms with Crippen LogP contribution < -0.4 is 0 Å². The lowest BCUT2D eigenvalue weighted by molar-refractivity contribution is -0.138. The predicted octanol–water partition coefficient (Wildman–Crippen LogP) is 4.79. The summed E-state index contributed by atoms with van der Waals surface area (Å²) in [7, 11) is 0. The van der Waals surface area contributed by atoms with Gasteiger partial charge in [0.25, 0.3) is 0 Å². The number of carbonyl (C=O) groups is 2. The smallest absolute Gasteiger partial charge is 0.416 e. The van der Waals surface area contributed by atoms with E-state index in [1.165, 1.54) is 6.07 Å². The Balaban J connectivity index is 2.19. The lowest BCUT2D eigenvalue weighted by atomic mass is 9.86. The van der Waals surface area contributed by atoms with E-state index in [0.717, 1.165) is 38.1 Å². The van der Waals surface area contributed by atoms with Crippen molar-refractivity contribution in [1.29, 1.82) is 0 Å². The van der Waals surface area contributed by atoms with E-state index in [0.29, 0.717) is 24.2 Å². The van der Waals surface area contributed by atoms with E-state index < -0.39 is 17.7 Å². The Kier molecular flexibility index (Phi) is 7.03. The van der Waals surface area contributed by atoms with Gasteiger partial charge in [0.1, 0.15) is 6.29 Å². The van der Waals surface area contributed by atoms with Crippen molar-refractivity contribution in [2.75, 3.05) is 13.1 Å². The van der Waals surface area contributed by atoms with Crippen molar-refractivity contribution in [1.82, 2.24) is 4.90 Å². The van der Waals surface area contributed by atoms with E-state index in [2.05, 4.69) is 4.90 Å². The normalized spacial score (nSPS) is 17.9. The van der Waals surface area contributed by atoms with E-state index in [9.17, 15) is 22.8 Å². The average molecular weight is 385 g/mol. The Bertz CT molecular complexity index is 665. The maximum Gasteiger partial charge on any atom is 0.416 e. The van der Waals surface area contributed by atoms with Crippen LogP contribution in [0, 0.1) is 11.8 Å². The van der Waals surface area contributed by atoms with Crippen molar-refractivity contribution in [2.24, 2.45) is 11.8 Å². The van der Waals surface area contributed by atoms with E-state index in [1.54, 1.807) is 0 Å². The van der Waals surface area contributed by atoms with Gasteiger partial charge in [-0.15, -0.1) is 0 Å². The number of benzene rings is 1. The van der Waals surface area contributed by atoms with Crippen molar-refractivity contribution in [3.05, 3.63) is 34.9 Å². The van der Waals surface area contributed by atoms with Crippen LogP contribution in [0.4, 0.5) is 13.2 Å². The molecule has 1 N–H and O–H groups in total. The fourth-order valence-corrected chi connectivity index (χ4v) is 3.95. The largest absolute Gasteiger partial charge is 0.481 e. The molecule has 4 nitrogen and oxygen atoms in total. The number of aldehydes is 1. The third-order valence-electron chi connectivity index (χ3n) is 5.30. The number of hydrogen-bond acceptors (Lipinski definition) is 3. The van der Waals surface area contributed by atoms with Gasteiger partial charge in [-0.25, -0.2) is 0 Å². The number of nitrogens with zero attached hydrogens (tertiary/aromatic N) is 1. The third-order valence-corrected chi connectivity index (χ3v) is 5.30. The molecular formula is C20H26F3NO3. The summed E-state index contributed by atoms with van der Waals surface area (Å²) in [6, 6.07) is 3.25. The van der Waals surface area contributed by atoms with Crippen LogP contribution in [0.5, 0.6) is 0 Å². The van der Waals surface area contributed by atoms with Crippen LogP contribution >= 0.6 is 0 Å². The Morgan fingerprint density at radius 3 is 2.41 bits per heavy atom. The molecule has 0 amide bonds. The number of halogens is 3. The van der Waals surface area contributed by atoms with Crippen LogP contribution in [-0.4, -0.2) is 35.4 Å². The summed E-state index contributed by atoms with van der Waals surface area (Å²) < 4.78 is 38.9. The van der Waals surface area contributed by atoms with Crippen LogP contribution in [0.1, 0.15) is 67.1 Å². The van der Waals surface area contributed by atoms with Crippen molar-refractivity contribution in [3.63, 3.8) is 0 Å². The van der Waals surface area contributed by atoms with Gasteiger partial charge >= 0.3 is 12.1 Å². The van der Waals surface area contributed by atoms with Gasteiger partial charge in [-0.05, 0) is 61.9 Å².